The Morgan fingerprint density at radius 1 is 0.953 bits per heavy atom. The van der Waals surface area contributed by atoms with Crippen molar-refractivity contribution in [3.05, 3.63) is 65.7 Å². The van der Waals surface area contributed by atoms with Crippen molar-refractivity contribution in [3.8, 4) is 5.75 Å². The van der Waals surface area contributed by atoms with Gasteiger partial charge in [0.2, 0.25) is 17.7 Å². The number of methoxy groups -OCH3 is 1. The van der Waals surface area contributed by atoms with Gasteiger partial charge in [-0.2, -0.15) is 0 Å². The van der Waals surface area contributed by atoms with Gasteiger partial charge >= 0.3 is 0 Å². The molecule has 0 unspecified atom stereocenters. The van der Waals surface area contributed by atoms with Gasteiger partial charge in [0.1, 0.15) is 18.4 Å². The molecule has 2 aromatic rings. The summed E-state index contributed by atoms with van der Waals surface area (Å²) in [6.45, 7) is 3.88. The van der Waals surface area contributed by atoms with Crippen molar-refractivity contribution in [3.63, 3.8) is 0 Å². The molecular formula is C32H43N5O6. The van der Waals surface area contributed by atoms with E-state index in [1.54, 1.807) is 55.3 Å². The molecule has 0 aromatic heterocycles. The van der Waals surface area contributed by atoms with Crippen molar-refractivity contribution >= 4 is 23.6 Å². The molecule has 1 fully saturated rings. The number of para-hydroxylation sites is 1. The van der Waals surface area contributed by atoms with Gasteiger partial charge in [0.25, 0.3) is 5.91 Å². The fourth-order valence-electron chi connectivity index (χ4n) is 5.35. The molecule has 4 amide bonds. The Morgan fingerprint density at radius 3 is 2.37 bits per heavy atom. The highest BCUT2D eigenvalue weighted by Gasteiger charge is 2.31. The lowest BCUT2D eigenvalue weighted by molar-refractivity contribution is -0.141. The van der Waals surface area contributed by atoms with Crippen LogP contribution >= 0.6 is 0 Å². The number of ether oxygens (including phenoxy) is 2. The molecule has 4 rings (SSSR count). The van der Waals surface area contributed by atoms with Crippen LogP contribution in [-0.4, -0.2) is 129 Å². The fraction of sp³-hybridized carbons (Fsp3) is 0.500. The number of carbonyl (C=O) groups excluding carboxylic acids is 4. The number of nitrogens with one attached hydrogen (secondary N) is 1. The molecule has 2 aromatic carbocycles. The lowest BCUT2D eigenvalue weighted by Gasteiger charge is -2.36. The maximum atomic E-state index is 13.7. The van der Waals surface area contributed by atoms with Gasteiger partial charge in [0.15, 0.2) is 0 Å². The quantitative estimate of drug-likeness (QED) is 0.537. The molecule has 2 heterocycles. The Hall–Kier alpha value is -3.96. The highest BCUT2D eigenvalue weighted by Crippen LogP contribution is 2.21. The largest absolute Gasteiger partial charge is 0.491 e. The van der Waals surface area contributed by atoms with Crippen LogP contribution in [0.5, 0.6) is 5.75 Å². The Balaban J connectivity index is 1.56. The van der Waals surface area contributed by atoms with Gasteiger partial charge in [-0.15, -0.1) is 0 Å². The maximum Gasteiger partial charge on any atom is 0.255 e. The second-order valence-corrected chi connectivity index (χ2v) is 11.1. The van der Waals surface area contributed by atoms with E-state index in [2.05, 4.69) is 10.2 Å². The summed E-state index contributed by atoms with van der Waals surface area (Å²) < 4.78 is 11.4. The molecule has 2 aliphatic rings. The van der Waals surface area contributed by atoms with Crippen molar-refractivity contribution in [2.24, 2.45) is 0 Å². The van der Waals surface area contributed by atoms with Gasteiger partial charge in [-0.3, -0.25) is 24.1 Å². The molecule has 232 valence electrons. The molecule has 1 saturated heterocycles. The van der Waals surface area contributed by atoms with Crippen molar-refractivity contribution in [2.45, 2.75) is 31.3 Å². The van der Waals surface area contributed by atoms with Gasteiger partial charge in [-0.05, 0) is 30.5 Å². The molecular weight excluding hydrogens is 550 g/mol. The molecule has 11 heteroatoms. The van der Waals surface area contributed by atoms with Crippen LogP contribution in [0.15, 0.2) is 54.6 Å². The highest BCUT2D eigenvalue weighted by atomic mass is 16.5. The van der Waals surface area contributed by atoms with E-state index in [1.807, 2.05) is 30.3 Å². The van der Waals surface area contributed by atoms with Crippen LogP contribution in [0.3, 0.4) is 0 Å². The summed E-state index contributed by atoms with van der Waals surface area (Å²) >= 11 is 0. The number of amides is 4. The minimum atomic E-state index is -0.905. The van der Waals surface area contributed by atoms with Gasteiger partial charge in [0, 0.05) is 60.3 Å². The molecule has 0 radical (unpaired) electrons. The normalized spacial score (nSPS) is 21.4. The zero-order valence-corrected chi connectivity index (χ0v) is 25.4. The first-order valence-electron chi connectivity index (χ1n) is 14.8. The summed E-state index contributed by atoms with van der Waals surface area (Å²) in [4.78, 5) is 60.7. The first-order chi connectivity index (χ1) is 20.8. The SMILES string of the molecule is COCCN1CCN(C(=O)[C@@H]2CCC(=O)N(C)CC(=O)N(C)[C@H](Cc3ccccc3)COc3ccccc3C(=O)N2)CC1. The number of fused-ring (bicyclic) bond motifs is 1. The van der Waals surface area contributed by atoms with Crippen molar-refractivity contribution in [1.82, 2.24) is 24.9 Å². The van der Waals surface area contributed by atoms with Crippen LogP contribution < -0.4 is 10.1 Å². The maximum absolute atomic E-state index is 13.7. The van der Waals surface area contributed by atoms with Crippen molar-refractivity contribution < 1.29 is 28.7 Å². The summed E-state index contributed by atoms with van der Waals surface area (Å²) in [5.41, 5.74) is 1.32. The van der Waals surface area contributed by atoms with E-state index in [4.69, 9.17) is 9.47 Å². The van der Waals surface area contributed by atoms with Crippen molar-refractivity contribution in [2.75, 3.05) is 73.7 Å². The minimum absolute atomic E-state index is 0.00355. The number of nitrogens with zero attached hydrogens (tertiary/aromatic N) is 4. The average Bonchev–Trinajstić information content (AvgIpc) is 3.03. The Kier molecular flexibility index (Phi) is 11.5. The van der Waals surface area contributed by atoms with Gasteiger partial charge in [-0.25, -0.2) is 0 Å². The van der Waals surface area contributed by atoms with Gasteiger partial charge < -0.3 is 29.5 Å². The van der Waals surface area contributed by atoms with Crippen LogP contribution in [0.25, 0.3) is 0 Å². The standard InChI is InChI=1S/C32H43N5O6/c1-34-22-30(39)35(2)25(21-24-9-5-4-6-10-24)23-43-28-12-8-7-11-26(28)31(40)33-27(13-14-29(34)38)32(41)37-17-15-36(16-18-37)19-20-42-3/h4-12,25,27H,13-23H2,1-3H3,(H,33,40)/t25-,27+/m1/s1. The van der Waals surface area contributed by atoms with Crippen LogP contribution in [0, 0.1) is 0 Å². The number of rotatable bonds is 6. The predicted octanol–water partition coefficient (Wildman–Crippen LogP) is 1.28. The number of hydrogen-bond donors (Lipinski definition) is 1. The average molecular weight is 594 g/mol. The summed E-state index contributed by atoms with van der Waals surface area (Å²) in [5, 5.41) is 2.90. The van der Waals surface area contributed by atoms with Crippen LogP contribution in [0.1, 0.15) is 28.8 Å². The van der Waals surface area contributed by atoms with Crippen LogP contribution in [0.4, 0.5) is 0 Å². The van der Waals surface area contributed by atoms with Gasteiger partial charge in [-0.1, -0.05) is 42.5 Å². The lowest BCUT2D eigenvalue weighted by atomic mass is 10.1. The minimum Gasteiger partial charge on any atom is -0.491 e. The smallest absolute Gasteiger partial charge is 0.255 e. The molecule has 0 aliphatic carbocycles. The first-order valence-corrected chi connectivity index (χ1v) is 14.8. The van der Waals surface area contributed by atoms with E-state index in [-0.39, 0.29) is 55.3 Å². The highest BCUT2D eigenvalue weighted by molar-refractivity contribution is 5.99. The summed E-state index contributed by atoms with van der Waals surface area (Å²) in [6.07, 6.45) is 0.648. The summed E-state index contributed by atoms with van der Waals surface area (Å²) in [7, 11) is 4.95. The number of likely N-dealkylation sites (N-methyl/N-ethyl adjacent to an activating group) is 2. The van der Waals surface area contributed by atoms with E-state index >= 15 is 0 Å². The van der Waals surface area contributed by atoms with E-state index in [1.165, 1.54) is 4.90 Å². The summed E-state index contributed by atoms with van der Waals surface area (Å²) in [6, 6.07) is 15.4. The zero-order valence-electron chi connectivity index (χ0n) is 25.4. The number of piperazine rings is 1. The van der Waals surface area contributed by atoms with Crippen LogP contribution in [0.2, 0.25) is 0 Å². The van der Waals surface area contributed by atoms with E-state index in [0.29, 0.717) is 45.0 Å². The van der Waals surface area contributed by atoms with Gasteiger partial charge in [0.05, 0.1) is 24.8 Å². The van der Waals surface area contributed by atoms with Crippen LogP contribution in [-0.2, 0) is 25.5 Å². The zero-order chi connectivity index (χ0) is 30.8. The fourth-order valence-corrected chi connectivity index (χ4v) is 5.35. The Bertz CT molecular complexity index is 1250. The predicted molar refractivity (Wildman–Crippen MR) is 162 cm³/mol. The molecule has 0 bridgehead atoms. The molecule has 43 heavy (non-hydrogen) atoms. The monoisotopic (exact) mass is 593 g/mol. The second kappa shape index (κ2) is 15.5. The lowest BCUT2D eigenvalue weighted by Crippen LogP contribution is -2.55. The number of hydrogen-bond acceptors (Lipinski definition) is 7. The second-order valence-electron chi connectivity index (χ2n) is 11.1. The van der Waals surface area contributed by atoms with Crippen molar-refractivity contribution in [1.29, 1.82) is 0 Å². The molecule has 0 spiro atoms. The third kappa shape index (κ3) is 8.77. The number of benzene rings is 2. The Morgan fingerprint density at radius 2 is 1.65 bits per heavy atom. The Labute approximate surface area is 253 Å². The molecule has 2 atom stereocenters. The molecule has 2 aliphatic heterocycles. The first kappa shape index (κ1) is 32.0. The molecule has 0 saturated carbocycles. The van der Waals surface area contributed by atoms with E-state index in [0.717, 1.165) is 12.1 Å². The van der Waals surface area contributed by atoms with E-state index in [9.17, 15) is 19.2 Å². The molecule has 11 nitrogen and oxygen atoms in total. The third-order valence-electron chi connectivity index (χ3n) is 8.16. The summed E-state index contributed by atoms with van der Waals surface area (Å²) in [5.74, 6) is -0.815. The topological polar surface area (TPSA) is 112 Å². The van der Waals surface area contributed by atoms with E-state index < -0.39 is 11.9 Å². The number of carbonyl (C=O) groups is 4. The molecule has 1 N–H and O–H groups in total. The third-order valence-corrected chi connectivity index (χ3v) is 8.16.